The molecule has 0 aromatic carbocycles. The molecule has 0 spiro atoms. The molecule has 0 unspecified atom stereocenters. The molecule has 1 heterocycles. The number of hydrogen-bond acceptors (Lipinski definition) is 4. The number of carbonyl (C=O) groups is 1. The van der Waals surface area contributed by atoms with E-state index < -0.39 is 0 Å². The van der Waals surface area contributed by atoms with Crippen LogP contribution in [0.1, 0.15) is 6.42 Å². The summed E-state index contributed by atoms with van der Waals surface area (Å²) in [4.78, 5) is 18.7. The minimum Gasteiger partial charge on any atom is -0.384 e. The predicted octanol–water partition coefficient (Wildman–Crippen LogP) is 1.76. The van der Waals surface area contributed by atoms with E-state index in [1.807, 2.05) is 0 Å². The van der Waals surface area contributed by atoms with Crippen LogP contribution in [0.15, 0.2) is 6.33 Å². The molecule has 0 radical (unpaired) electrons. The second-order valence-corrected chi connectivity index (χ2v) is 3.35. The molecule has 1 N–H and O–H groups in total. The number of carbonyl (C=O) groups excluding carboxylic acids is 1. The van der Waals surface area contributed by atoms with Gasteiger partial charge in [-0.05, 0) is 0 Å². The van der Waals surface area contributed by atoms with Gasteiger partial charge in [0.05, 0.1) is 13.0 Å². The van der Waals surface area contributed by atoms with Gasteiger partial charge in [-0.2, -0.15) is 0 Å². The van der Waals surface area contributed by atoms with Crippen molar-refractivity contribution in [1.82, 2.24) is 9.97 Å². The number of halogens is 2. The van der Waals surface area contributed by atoms with Gasteiger partial charge >= 0.3 is 0 Å². The van der Waals surface area contributed by atoms with E-state index in [-0.39, 0.29) is 28.3 Å². The van der Waals surface area contributed by atoms with Crippen molar-refractivity contribution in [2.24, 2.45) is 0 Å². The van der Waals surface area contributed by atoms with Crippen LogP contribution in [0.5, 0.6) is 0 Å². The molecule has 0 aliphatic carbocycles. The fraction of sp³-hybridized carbons (Fsp3) is 0.375. The lowest BCUT2D eigenvalue weighted by molar-refractivity contribution is -0.117. The maximum atomic E-state index is 11.3. The van der Waals surface area contributed by atoms with Crippen LogP contribution >= 0.6 is 23.2 Å². The fourth-order valence-electron chi connectivity index (χ4n) is 0.825. The number of anilines is 1. The van der Waals surface area contributed by atoms with Crippen LogP contribution < -0.4 is 5.32 Å². The lowest BCUT2D eigenvalue weighted by Crippen LogP contribution is -2.15. The van der Waals surface area contributed by atoms with Crippen LogP contribution in [0.25, 0.3) is 0 Å². The van der Waals surface area contributed by atoms with Crippen molar-refractivity contribution in [3.8, 4) is 0 Å². The van der Waals surface area contributed by atoms with Gasteiger partial charge in [0.2, 0.25) is 5.91 Å². The van der Waals surface area contributed by atoms with Crippen LogP contribution in [0.4, 0.5) is 5.82 Å². The summed E-state index contributed by atoms with van der Waals surface area (Å²) in [5.41, 5.74) is 0. The van der Waals surface area contributed by atoms with Crippen LogP contribution in [0.3, 0.4) is 0 Å². The van der Waals surface area contributed by atoms with E-state index in [4.69, 9.17) is 27.9 Å². The van der Waals surface area contributed by atoms with E-state index in [0.717, 1.165) is 0 Å². The topological polar surface area (TPSA) is 64.1 Å². The summed E-state index contributed by atoms with van der Waals surface area (Å²) in [5, 5.41) is 2.73. The average Bonchev–Trinajstić information content (AvgIpc) is 2.22. The van der Waals surface area contributed by atoms with Crippen LogP contribution in [0.2, 0.25) is 10.2 Å². The molecule has 1 amide bonds. The van der Waals surface area contributed by atoms with E-state index in [1.54, 1.807) is 0 Å². The Bertz CT molecular complexity index is 360. The summed E-state index contributed by atoms with van der Waals surface area (Å²) in [6.45, 7) is 0.336. The number of nitrogens with zero attached hydrogens (tertiary/aromatic N) is 2. The molecule has 0 aliphatic rings. The normalized spacial score (nSPS) is 10.1. The number of methoxy groups -OCH3 is 1. The Morgan fingerprint density at radius 2 is 2.27 bits per heavy atom. The first kappa shape index (κ1) is 12.2. The van der Waals surface area contributed by atoms with Crippen LogP contribution in [-0.2, 0) is 9.53 Å². The van der Waals surface area contributed by atoms with Crippen molar-refractivity contribution in [1.29, 1.82) is 0 Å². The van der Waals surface area contributed by atoms with Crippen molar-refractivity contribution in [2.75, 3.05) is 19.0 Å². The molecular formula is C8H9Cl2N3O2. The smallest absolute Gasteiger partial charge is 0.227 e. The second-order valence-electron chi connectivity index (χ2n) is 2.62. The Morgan fingerprint density at radius 3 is 2.93 bits per heavy atom. The van der Waals surface area contributed by atoms with Gasteiger partial charge in [0.25, 0.3) is 0 Å². The van der Waals surface area contributed by atoms with E-state index >= 15 is 0 Å². The third kappa shape index (κ3) is 3.62. The zero-order chi connectivity index (χ0) is 11.3. The Kier molecular flexibility index (Phi) is 4.74. The molecule has 0 bridgehead atoms. The summed E-state index contributed by atoms with van der Waals surface area (Å²) in [6.07, 6.45) is 1.45. The molecule has 1 aromatic rings. The van der Waals surface area contributed by atoms with Gasteiger partial charge in [0.1, 0.15) is 11.3 Å². The van der Waals surface area contributed by atoms with Gasteiger partial charge in [0, 0.05) is 7.11 Å². The number of hydrogen-bond donors (Lipinski definition) is 1. The zero-order valence-electron chi connectivity index (χ0n) is 7.96. The standard InChI is InChI=1S/C8H9Cl2N3O2/c1-15-3-2-5(14)13-8-6(9)7(10)11-4-12-8/h4H,2-3H2,1H3,(H,11,12,13,14). The van der Waals surface area contributed by atoms with E-state index in [9.17, 15) is 4.79 Å². The molecule has 5 nitrogen and oxygen atoms in total. The summed E-state index contributed by atoms with van der Waals surface area (Å²) in [5.74, 6) is -0.0358. The maximum Gasteiger partial charge on any atom is 0.227 e. The molecule has 7 heteroatoms. The summed E-state index contributed by atoms with van der Waals surface area (Å²) >= 11 is 11.4. The Balaban J connectivity index is 2.64. The summed E-state index contributed by atoms with van der Waals surface area (Å²) < 4.78 is 4.75. The first-order valence-corrected chi connectivity index (χ1v) is 4.85. The Morgan fingerprint density at radius 1 is 1.53 bits per heavy atom. The minimum atomic E-state index is -0.242. The highest BCUT2D eigenvalue weighted by atomic mass is 35.5. The van der Waals surface area contributed by atoms with E-state index in [1.165, 1.54) is 13.4 Å². The van der Waals surface area contributed by atoms with Gasteiger partial charge in [-0.25, -0.2) is 9.97 Å². The number of amides is 1. The first-order chi connectivity index (χ1) is 7.15. The highest BCUT2D eigenvalue weighted by Gasteiger charge is 2.10. The molecule has 0 fully saturated rings. The van der Waals surface area contributed by atoms with Gasteiger partial charge in [-0.1, -0.05) is 23.2 Å². The molecule has 0 aliphatic heterocycles. The fourth-order valence-corrected chi connectivity index (χ4v) is 1.10. The first-order valence-electron chi connectivity index (χ1n) is 4.10. The van der Waals surface area contributed by atoms with Gasteiger partial charge < -0.3 is 10.1 Å². The second kappa shape index (κ2) is 5.85. The largest absolute Gasteiger partial charge is 0.384 e. The summed E-state index contributed by atoms with van der Waals surface area (Å²) in [7, 11) is 1.52. The van der Waals surface area contributed by atoms with Crippen molar-refractivity contribution in [3.05, 3.63) is 16.5 Å². The van der Waals surface area contributed by atoms with E-state index in [2.05, 4.69) is 15.3 Å². The monoisotopic (exact) mass is 249 g/mol. The molecular weight excluding hydrogens is 241 g/mol. The van der Waals surface area contributed by atoms with E-state index in [0.29, 0.717) is 6.61 Å². The SMILES string of the molecule is COCCC(=O)Nc1ncnc(Cl)c1Cl. The molecule has 82 valence electrons. The minimum absolute atomic E-state index is 0.105. The Hall–Kier alpha value is -0.910. The van der Waals surface area contributed by atoms with Crippen molar-refractivity contribution in [3.63, 3.8) is 0 Å². The van der Waals surface area contributed by atoms with Gasteiger partial charge in [0.15, 0.2) is 11.0 Å². The number of rotatable bonds is 4. The highest BCUT2D eigenvalue weighted by molar-refractivity contribution is 6.42. The van der Waals surface area contributed by atoms with Crippen molar-refractivity contribution < 1.29 is 9.53 Å². The number of nitrogens with one attached hydrogen (secondary N) is 1. The van der Waals surface area contributed by atoms with Gasteiger partial charge in [-0.15, -0.1) is 0 Å². The number of aromatic nitrogens is 2. The molecule has 15 heavy (non-hydrogen) atoms. The van der Waals surface area contributed by atoms with Crippen LogP contribution in [-0.4, -0.2) is 29.6 Å². The molecule has 0 atom stereocenters. The van der Waals surface area contributed by atoms with Crippen LogP contribution in [0, 0.1) is 0 Å². The third-order valence-corrected chi connectivity index (χ3v) is 2.28. The lowest BCUT2D eigenvalue weighted by Gasteiger charge is -2.05. The van der Waals surface area contributed by atoms with Crippen molar-refractivity contribution >= 4 is 34.9 Å². The lowest BCUT2D eigenvalue weighted by atomic mass is 10.4. The maximum absolute atomic E-state index is 11.3. The third-order valence-electron chi connectivity index (χ3n) is 1.54. The molecule has 0 saturated heterocycles. The molecule has 1 aromatic heterocycles. The summed E-state index contributed by atoms with van der Waals surface area (Å²) in [6, 6.07) is 0. The quantitative estimate of drug-likeness (QED) is 0.827. The Labute approximate surface area is 96.8 Å². The number of ether oxygens (including phenoxy) is 1. The highest BCUT2D eigenvalue weighted by Crippen LogP contribution is 2.25. The van der Waals surface area contributed by atoms with Gasteiger partial charge in [-0.3, -0.25) is 4.79 Å². The molecule has 1 rings (SSSR count). The molecule has 0 saturated carbocycles. The predicted molar refractivity (Wildman–Crippen MR) is 57.2 cm³/mol. The zero-order valence-corrected chi connectivity index (χ0v) is 9.47. The average molecular weight is 250 g/mol. The van der Waals surface area contributed by atoms with Crippen molar-refractivity contribution in [2.45, 2.75) is 6.42 Å².